The van der Waals surface area contributed by atoms with Crippen molar-refractivity contribution in [3.05, 3.63) is 84.9 Å². The van der Waals surface area contributed by atoms with E-state index in [1.165, 1.54) is 23.5 Å². The van der Waals surface area contributed by atoms with Gasteiger partial charge >= 0.3 is 0 Å². The third-order valence-electron chi connectivity index (χ3n) is 4.58. The fraction of sp³-hybridized carbons (Fsp3) is 0.174. The number of sulfonamides is 1. The van der Waals surface area contributed by atoms with E-state index in [0.717, 1.165) is 0 Å². The number of carbonyl (C=O) groups excluding carboxylic acids is 1. The van der Waals surface area contributed by atoms with Crippen molar-refractivity contribution in [2.75, 3.05) is 16.7 Å². The van der Waals surface area contributed by atoms with Crippen LogP contribution in [0.1, 0.15) is 13.3 Å². The number of benzene rings is 3. The van der Waals surface area contributed by atoms with Gasteiger partial charge < -0.3 is 10.1 Å². The standard InChI is InChI=1S/C23H24N2O4S/c1-3-22(29-20-12-8-5-9-13-20)23(26)24-18-14-16-21(17-15-18)30(27,28)25(2)19-10-6-4-7-11-19/h4-17,22H,3H2,1-2H3,(H,24,26). The zero-order valence-corrected chi connectivity index (χ0v) is 17.7. The number of amides is 1. The maximum atomic E-state index is 12.8. The van der Waals surface area contributed by atoms with Gasteiger partial charge in [-0.15, -0.1) is 0 Å². The van der Waals surface area contributed by atoms with E-state index < -0.39 is 16.1 Å². The zero-order valence-electron chi connectivity index (χ0n) is 16.9. The molecule has 1 unspecified atom stereocenters. The van der Waals surface area contributed by atoms with E-state index in [4.69, 9.17) is 4.74 Å². The number of ether oxygens (including phenoxy) is 1. The van der Waals surface area contributed by atoms with Gasteiger partial charge in [0, 0.05) is 12.7 Å². The number of nitrogens with zero attached hydrogens (tertiary/aromatic N) is 1. The molecule has 3 rings (SSSR count). The van der Waals surface area contributed by atoms with Crippen LogP contribution in [0.3, 0.4) is 0 Å². The molecule has 3 aromatic carbocycles. The molecule has 0 spiro atoms. The first-order chi connectivity index (χ1) is 14.4. The number of para-hydroxylation sites is 2. The lowest BCUT2D eigenvalue weighted by molar-refractivity contribution is -0.122. The van der Waals surface area contributed by atoms with E-state index in [1.807, 2.05) is 31.2 Å². The highest BCUT2D eigenvalue weighted by Gasteiger charge is 2.22. The highest BCUT2D eigenvalue weighted by Crippen LogP contribution is 2.23. The fourth-order valence-electron chi connectivity index (χ4n) is 2.85. The summed E-state index contributed by atoms with van der Waals surface area (Å²) in [5.41, 5.74) is 1.06. The van der Waals surface area contributed by atoms with Crippen LogP contribution >= 0.6 is 0 Å². The smallest absolute Gasteiger partial charge is 0.265 e. The van der Waals surface area contributed by atoms with E-state index in [-0.39, 0.29) is 10.8 Å². The number of hydrogen-bond acceptors (Lipinski definition) is 4. The molecule has 3 aromatic rings. The van der Waals surface area contributed by atoms with Gasteiger partial charge in [0.15, 0.2) is 6.10 Å². The summed E-state index contributed by atoms with van der Waals surface area (Å²) in [4.78, 5) is 12.7. The minimum atomic E-state index is -3.70. The highest BCUT2D eigenvalue weighted by atomic mass is 32.2. The van der Waals surface area contributed by atoms with Crippen LogP contribution in [0.2, 0.25) is 0 Å². The Balaban J connectivity index is 1.69. The SMILES string of the molecule is CCC(Oc1ccccc1)C(=O)Nc1ccc(S(=O)(=O)N(C)c2ccccc2)cc1. The maximum Gasteiger partial charge on any atom is 0.265 e. The van der Waals surface area contributed by atoms with Gasteiger partial charge in [-0.25, -0.2) is 8.42 Å². The van der Waals surface area contributed by atoms with Crippen LogP contribution in [0.15, 0.2) is 89.8 Å². The lowest BCUT2D eigenvalue weighted by Gasteiger charge is -2.20. The summed E-state index contributed by atoms with van der Waals surface area (Å²) in [5.74, 6) is 0.322. The summed E-state index contributed by atoms with van der Waals surface area (Å²) < 4.78 is 32.6. The number of rotatable bonds is 8. The zero-order chi connectivity index (χ0) is 21.6. The molecule has 7 heteroatoms. The fourth-order valence-corrected chi connectivity index (χ4v) is 4.05. The highest BCUT2D eigenvalue weighted by molar-refractivity contribution is 7.92. The molecule has 0 bridgehead atoms. The van der Waals surface area contributed by atoms with Crippen molar-refractivity contribution in [1.82, 2.24) is 0 Å². The Bertz CT molecular complexity index is 1070. The minimum absolute atomic E-state index is 0.138. The van der Waals surface area contributed by atoms with Crippen molar-refractivity contribution in [3.63, 3.8) is 0 Å². The van der Waals surface area contributed by atoms with Gasteiger partial charge in [-0.1, -0.05) is 43.3 Å². The van der Waals surface area contributed by atoms with Gasteiger partial charge in [-0.05, 0) is 55.0 Å². The summed E-state index contributed by atoms with van der Waals surface area (Å²) in [5, 5.41) is 2.78. The van der Waals surface area contributed by atoms with Crippen LogP contribution in [0.25, 0.3) is 0 Å². The van der Waals surface area contributed by atoms with Gasteiger partial charge in [-0.3, -0.25) is 9.10 Å². The molecule has 0 saturated heterocycles. The number of nitrogens with one attached hydrogen (secondary N) is 1. The molecule has 0 saturated carbocycles. The van der Waals surface area contributed by atoms with Gasteiger partial charge in [-0.2, -0.15) is 0 Å². The Morgan fingerprint density at radius 2 is 1.50 bits per heavy atom. The number of hydrogen-bond donors (Lipinski definition) is 1. The van der Waals surface area contributed by atoms with Gasteiger partial charge in [0.1, 0.15) is 5.75 Å². The second-order valence-corrected chi connectivity index (χ2v) is 8.62. The average Bonchev–Trinajstić information content (AvgIpc) is 2.78. The van der Waals surface area contributed by atoms with Crippen LogP contribution < -0.4 is 14.4 Å². The largest absolute Gasteiger partial charge is 0.481 e. The Morgan fingerprint density at radius 1 is 0.933 bits per heavy atom. The molecule has 0 fully saturated rings. The second kappa shape index (κ2) is 9.45. The van der Waals surface area contributed by atoms with Crippen molar-refractivity contribution in [2.45, 2.75) is 24.3 Å². The maximum absolute atomic E-state index is 12.8. The van der Waals surface area contributed by atoms with E-state index >= 15 is 0 Å². The first-order valence-electron chi connectivity index (χ1n) is 9.58. The monoisotopic (exact) mass is 424 g/mol. The van der Waals surface area contributed by atoms with Gasteiger partial charge in [0.2, 0.25) is 0 Å². The van der Waals surface area contributed by atoms with Crippen LogP contribution in [0.4, 0.5) is 11.4 Å². The lowest BCUT2D eigenvalue weighted by Crippen LogP contribution is -2.32. The summed E-state index contributed by atoms with van der Waals surface area (Å²) in [7, 11) is -2.20. The molecule has 1 amide bonds. The topological polar surface area (TPSA) is 75.7 Å². The van der Waals surface area contributed by atoms with Crippen LogP contribution in [0, 0.1) is 0 Å². The normalized spacial score (nSPS) is 12.1. The second-order valence-electron chi connectivity index (χ2n) is 6.65. The van der Waals surface area contributed by atoms with E-state index in [2.05, 4.69) is 5.32 Å². The minimum Gasteiger partial charge on any atom is -0.481 e. The molecule has 1 N–H and O–H groups in total. The van der Waals surface area contributed by atoms with Crippen molar-refractivity contribution >= 4 is 27.3 Å². The molecule has 0 heterocycles. The molecule has 30 heavy (non-hydrogen) atoms. The van der Waals surface area contributed by atoms with Crippen molar-refractivity contribution < 1.29 is 17.9 Å². The molecular formula is C23H24N2O4S. The molecule has 0 aliphatic carbocycles. The predicted molar refractivity (Wildman–Crippen MR) is 118 cm³/mol. The van der Waals surface area contributed by atoms with E-state index in [0.29, 0.717) is 23.5 Å². The third kappa shape index (κ3) is 4.99. The quantitative estimate of drug-likeness (QED) is 0.585. The van der Waals surface area contributed by atoms with Gasteiger partial charge in [0.25, 0.3) is 15.9 Å². The summed E-state index contributed by atoms with van der Waals surface area (Å²) in [6.07, 6.45) is -0.158. The first-order valence-corrected chi connectivity index (χ1v) is 11.0. The molecule has 0 aliphatic rings. The number of carbonyl (C=O) groups is 1. The molecule has 0 aromatic heterocycles. The summed E-state index contributed by atoms with van der Waals surface area (Å²) in [6, 6.07) is 24.1. The van der Waals surface area contributed by atoms with E-state index in [9.17, 15) is 13.2 Å². The molecular weight excluding hydrogens is 400 g/mol. The summed E-state index contributed by atoms with van der Waals surface area (Å²) >= 11 is 0. The number of anilines is 2. The third-order valence-corrected chi connectivity index (χ3v) is 6.38. The Hall–Kier alpha value is -3.32. The lowest BCUT2D eigenvalue weighted by atomic mass is 10.2. The van der Waals surface area contributed by atoms with Gasteiger partial charge in [0.05, 0.1) is 10.6 Å². The van der Waals surface area contributed by atoms with Crippen molar-refractivity contribution in [2.24, 2.45) is 0 Å². The Kier molecular flexibility index (Phi) is 6.74. The summed E-state index contributed by atoms with van der Waals surface area (Å²) in [6.45, 7) is 1.86. The molecule has 0 aliphatic heterocycles. The predicted octanol–water partition coefficient (Wildman–Crippen LogP) is 4.31. The van der Waals surface area contributed by atoms with E-state index in [1.54, 1.807) is 48.5 Å². The molecule has 156 valence electrons. The van der Waals surface area contributed by atoms with Crippen LogP contribution in [0.5, 0.6) is 5.75 Å². The van der Waals surface area contributed by atoms with Crippen molar-refractivity contribution in [1.29, 1.82) is 0 Å². The average molecular weight is 425 g/mol. The van der Waals surface area contributed by atoms with Crippen LogP contribution in [-0.2, 0) is 14.8 Å². The molecule has 0 radical (unpaired) electrons. The molecule has 6 nitrogen and oxygen atoms in total. The first kappa shape index (κ1) is 21.4. The van der Waals surface area contributed by atoms with Crippen molar-refractivity contribution in [3.8, 4) is 5.75 Å². The molecule has 1 atom stereocenters. The Morgan fingerprint density at radius 3 is 2.07 bits per heavy atom. The Labute approximate surface area is 177 Å². The van der Waals surface area contributed by atoms with Crippen LogP contribution in [-0.4, -0.2) is 27.5 Å².